The molecule has 2 fully saturated rings. The van der Waals surface area contributed by atoms with E-state index >= 15 is 0 Å². The van der Waals surface area contributed by atoms with Crippen LogP contribution in [0.15, 0.2) is 36.9 Å². The lowest BCUT2D eigenvalue weighted by atomic mass is 9.68. The fourth-order valence-corrected chi connectivity index (χ4v) is 6.51. The summed E-state index contributed by atoms with van der Waals surface area (Å²) in [6, 6.07) is 7.82. The zero-order chi connectivity index (χ0) is 23.2. The molecule has 2 aromatic carbocycles. The molecule has 0 unspecified atom stereocenters. The summed E-state index contributed by atoms with van der Waals surface area (Å²) >= 11 is 0. The number of hydrogen-bond acceptors (Lipinski definition) is 0. The second-order valence-corrected chi connectivity index (χ2v) is 10.9. The molecule has 0 spiro atoms. The molecular weight excluding hydrogens is 410 g/mol. The number of fused-ring (bicyclic) bond motifs is 1. The number of rotatable bonds is 9. The average molecular weight is 453 g/mol. The Morgan fingerprint density at radius 2 is 1.55 bits per heavy atom. The second kappa shape index (κ2) is 11.6. The van der Waals surface area contributed by atoms with Crippen LogP contribution in [0.3, 0.4) is 0 Å². The van der Waals surface area contributed by atoms with Gasteiger partial charge in [0.15, 0.2) is 11.6 Å². The highest BCUT2D eigenvalue weighted by Gasteiger charge is 2.30. The molecule has 2 aliphatic carbocycles. The van der Waals surface area contributed by atoms with Crippen LogP contribution in [0, 0.1) is 35.3 Å². The monoisotopic (exact) mass is 452 g/mol. The van der Waals surface area contributed by atoms with Crippen LogP contribution in [0.5, 0.6) is 0 Å². The maximum Gasteiger partial charge on any atom is 0.166 e. The molecule has 0 heterocycles. The third-order valence-electron chi connectivity index (χ3n) is 8.76. The van der Waals surface area contributed by atoms with Crippen LogP contribution in [-0.4, -0.2) is 0 Å². The third-order valence-corrected chi connectivity index (χ3v) is 8.76. The van der Waals surface area contributed by atoms with Crippen molar-refractivity contribution < 1.29 is 8.78 Å². The van der Waals surface area contributed by atoms with Gasteiger partial charge in [-0.2, -0.15) is 0 Å². The number of unbranched alkanes of at least 4 members (excludes halogenated alkanes) is 2. The summed E-state index contributed by atoms with van der Waals surface area (Å²) in [6.07, 6.45) is 18.7. The Morgan fingerprint density at radius 1 is 0.848 bits per heavy atom. The summed E-state index contributed by atoms with van der Waals surface area (Å²) in [6.45, 7) is 6.15. The highest BCUT2D eigenvalue weighted by Crippen LogP contribution is 2.42. The summed E-state index contributed by atoms with van der Waals surface area (Å²) in [5.41, 5.74) is 1.67. The van der Waals surface area contributed by atoms with Crippen LogP contribution < -0.4 is 0 Å². The van der Waals surface area contributed by atoms with Crippen molar-refractivity contribution in [3.63, 3.8) is 0 Å². The number of aryl methyl sites for hydroxylation is 2. The SMILES string of the molecule is C=CC1CCC(C2CCC(CCc3cc4ccc(CCCCC)cc4c(F)c3F)CC2)CC1. The van der Waals surface area contributed by atoms with E-state index in [4.69, 9.17) is 0 Å². The highest BCUT2D eigenvalue weighted by molar-refractivity contribution is 5.84. The van der Waals surface area contributed by atoms with Crippen LogP contribution >= 0.6 is 0 Å². The predicted molar refractivity (Wildman–Crippen MR) is 137 cm³/mol. The van der Waals surface area contributed by atoms with Crippen molar-refractivity contribution in [1.82, 2.24) is 0 Å². The van der Waals surface area contributed by atoms with Crippen LogP contribution in [0.1, 0.15) is 95.1 Å². The van der Waals surface area contributed by atoms with Gasteiger partial charge in [0, 0.05) is 5.39 Å². The Morgan fingerprint density at radius 3 is 2.21 bits per heavy atom. The van der Waals surface area contributed by atoms with E-state index in [1.165, 1.54) is 57.8 Å². The molecule has 0 bridgehead atoms. The molecule has 0 nitrogen and oxygen atoms in total. The van der Waals surface area contributed by atoms with Gasteiger partial charge >= 0.3 is 0 Å². The van der Waals surface area contributed by atoms with Crippen molar-refractivity contribution in [1.29, 1.82) is 0 Å². The summed E-state index contributed by atoms with van der Waals surface area (Å²) < 4.78 is 29.8. The first kappa shape index (κ1) is 24.4. The van der Waals surface area contributed by atoms with Gasteiger partial charge in [0.2, 0.25) is 0 Å². The molecule has 2 heteroatoms. The first-order chi connectivity index (χ1) is 16.1. The third kappa shape index (κ3) is 6.06. The molecule has 2 aromatic rings. The lowest BCUT2D eigenvalue weighted by molar-refractivity contribution is 0.152. The number of halogens is 2. The minimum atomic E-state index is -0.654. The molecule has 2 aliphatic rings. The number of hydrogen-bond donors (Lipinski definition) is 0. The van der Waals surface area contributed by atoms with Crippen molar-refractivity contribution >= 4 is 10.8 Å². The molecule has 0 atom stereocenters. The summed E-state index contributed by atoms with van der Waals surface area (Å²) in [4.78, 5) is 0. The van der Waals surface area contributed by atoms with Gasteiger partial charge in [-0.3, -0.25) is 0 Å². The maximum atomic E-state index is 14.9. The summed E-state index contributed by atoms with van der Waals surface area (Å²) in [5.74, 6) is 1.90. The normalized spacial score (nSPS) is 25.9. The molecule has 0 aliphatic heterocycles. The Balaban J connectivity index is 1.31. The van der Waals surface area contributed by atoms with E-state index in [-0.39, 0.29) is 0 Å². The zero-order valence-corrected chi connectivity index (χ0v) is 20.6. The van der Waals surface area contributed by atoms with Crippen LogP contribution in [0.4, 0.5) is 8.78 Å². The van der Waals surface area contributed by atoms with E-state index in [2.05, 4.69) is 25.6 Å². The zero-order valence-electron chi connectivity index (χ0n) is 20.6. The molecule has 4 rings (SSSR count). The Labute approximate surface area is 199 Å². The second-order valence-electron chi connectivity index (χ2n) is 10.9. The molecule has 0 N–H and O–H groups in total. The molecule has 180 valence electrons. The molecule has 33 heavy (non-hydrogen) atoms. The molecule has 2 saturated carbocycles. The molecular formula is C31H42F2. The molecule has 0 saturated heterocycles. The minimum Gasteiger partial charge on any atom is -0.203 e. The van der Waals surface area contributed by atoms with E-state index < -0.39 is 11.6 Å². The van der Waals surface area contributed by atoms with Gasteiger partial charge in [-0.1, -0.05) is 50.8 Å². The first-order valence-corrected chi connectivity index (χ1v) is 13.6. The van der Waals surface area contributed by atoms with Gasteiger partial charge in [0.05, 0.1) is 0 Å². The molecule has 0 amide bonds. The van der Waals surface area contributed by atoms with E-state index in [1.807, 2.05) is 18.2 Å². The van der Waals surface area contributed by atoms with E-state index in [0.717, 1.165) is 54.4 Å². The van der Waals surface area contributed by atoms with E-state index in [0.29, 0.717) is 23.3 Å². The van der Waals surface area contributed by atoms with Crippen LogP contribution in [0.25, 0.3) is 10.8 Å². The molecule has 0 aromatic heterocycles. The molecule has 0 radical (unpaired) electrons. The summed E-state index contributed by atoms with van der Waals surface area (Å²) in [7, 11) is 0. The number of allylic oxidation sites excluding steroid dienone is 1. The average Bonchev–Trinajstić information content (AvgIpc) is 2.86. The van der Waals surface area contributed by atoms with Crippen LogP contribution in [0.2, 0.25) is 0 Å². The van der Waals surface area contributed by atoms with Gasteiger partial charge in [0.25, 0.3) is 0 Å². The van der Waals surface area contributed by atoms with Crippen molar-refractivity contribution in [2.75, 3.05) is 0 Å². The van der Waals surface area contributed by atoms with Gasteiger partial charge in [0.1, 0.15) is 0 Å². The Bertz CT molecular complexity index is 914. The van der Waals surface area contributed by atoms with Gasteiger partial charge in [-0.05, 0) is 117 Å². The van der Waals surface area contributed by atoms with Crippen molar-refractivity contribution in [3.8, 4) is 0 Å². The topological polar surface area (TPSA) is 0 Å². The fourth-order valence-electron chi connectivity index (χ4n) is 6.51. The fraction of sp³-hybridized carbons (Fsp3) is 0.613. The standard InChI is InChI=1S/C31H42F2/c1-3-5-6-7-24-13-18-27-21-28(30(32)31(33)29(27)20-24)19-12-23-10-16-26(17-11-23)25-14-8-22(4-2)9-15-25/h4,13,18,20-23,25-26H,2-3,5-12,14-17,19H2,1H3. The number of benzene rings is 2. The largest absolute Gasteiger partial charge is 0.203 e. The first-order valence-electron chi connectivity index (χ1n) is 13.6. The Kier molecular flexibility index (Phi) is 8.61. The maximum absolute atomic E-state index is 14.9. The van der Waals surface area contributed by atoms with Crippen molar-refractivity contribution in [3.05, 3.63) is 59.7 Å². The van der Waals surface area contributed by atoms with E-state index in [1.54, 1.807) is 0 Å². The van der Waals surface area contributed by atoms with Gasteiger partial charge in [-0.25, -0.2) is 8.78 Å². The predicted octanol–water partition coefficient (Wildman–Crippen LogP) is 9.58. The highest BCUT2D eigenvalue weighted by atomic mass is 19.2. The van der Waals surface area contributed by atoms with E-state index in [9.17, 15) is 8.78 Å². The van der Waals surface area contributed by atoms with Crippen molar-refractivity contribution in [2.45, 2.75) is 96.8 Å². The smallest absolute Gasteiger partial charge is 0.166 e. The lowest BCUT2D eigenvalue weighted by Gasteiger charge is -2.37. The Hall–Kier alpha value is -1.70. The van der Waals surface area contributed by atoms with Crippen molar-refractivity contribution in [2.24, 2.45) is 23.7 Å². The van der Waals surface area contributed by atoms with Crippen LogP contribution in [-0.2, 0) is 12.8 Å². The quantitative estimate of drug-likeness (QED) is 0.262. The van der Waals surface area contributed by atoms with Gasteiger partial charge < -0.3 is 0 Å². The lowest BCUT2D eigenvalue weighted by Crippen LogP contribution is -2.25. The van der Waals surface area contributed by atoms with Gasteiger partial charge in [-0.15, -0.1) is 6.58 Å². The summed E-state index contributed by atoms with van der Waals surface area (Å²) in [5, 5.41) is 1.28. The minimum absolute atomic E-state index is 0.442.